The predicted octanol–water partition coefficient (Wildman–Crippen LogP) is 6.30. The van der Waals surface area contributed by atoms with E-state index in [0.29, 0.717) is 12.5 Å². The Morgan fingerprint density at radius 2 is 1.48 bits per heavy atom. The number of likely N-dealkylation sites (tertiary alicyclic amines) is 1. The maximum atomic E-state index is 9.83. The molecular weight excluding hydrogens is 404 g/mol. The molecule has 0 radical (unpaired) electrons. The number of hydrogen-bond donors (Lipinski definition) is 1. The fourth-order valence-electron chi connectivity index (χ4n) is 5.87. The molecule has 5 rings (SSSR count). The van der Waals surface area contributed by atoms with Crippen LogP contribution in [0.2, 0.25) is 0 Å². The Bertz CT molecular complexity index is 1210. The van der Waals surface area contributed by atoms with E-state index in [1.54, 1.807) is 5.56 Å². The van der Waals surface area contributed by atoms with E-state index in [-0.39, 0.29) is 6.61 Å². The zero-order valence-electron chi connectivity index (χ0n) is 19.8. The molecule has 170 valence electrons. The summed E-state index contributed by atoms with van der Waals surface area (Å²) in [7, 11) is 0. The van der Waals surface area contributed by atoms with Crippen molar-refractivity contribution in [2.75, 3.05) is 19.7 Å². The fraction of sp³-hybridized carbons (Fsp3) is 0.333. The highest BCUT2D eigenvalue weighted by Crippen LogP contribution is 2.37. The molecule has 1 N–H and O–H groups in total. The van der Waals surface area contributed by atoms with Crippen LogP contribution < -0.4 is 0 Å². The van der Waals surface area contributed by atoms with Gasteiger partial charge in [0, 0.05) is 24.0 Å². The molecule has 0 spiro atoms. The summed E-state index contributed by atoms with van der Waals surface area (Å²) in [5, 5.41) is 11.1. The maximum absolute atomic E-state index is 9.83. The van der Waals surface area contributed by atoms with Gasteiger partial charge in [0.25, 0.3) is 0 Å². The molecule has 1 fully saturated rings. The van der Waals surface area contributed by atoms with Crippen LogP contribution in [-0.4, -0.2) is 34.3 Å². The first kappa shape index (κ1) is 21.9. The molecule has 3 nitrogen and oxygen atoms in total. The number of piperidine rings is 1. The van der Waals surface area contributed by atoms with Gasteiger partial charge < -0.3 is 9.67 Å². The lowest BCUT2D eigenvalue weighted by Gasteiger charge is -2.33. The second-order valence-corrected chi connectivity index (χ2v) is 9.44. The highest BCUT2D eigenvalue weighted by molar-refractivity contribution is 5.92. The third kappa shape index (κ3) is 4.23. The predicted molar refractivity (Wildman–Crippen MR) is 138 cm³/mol. The van der Waals surface area contributed by atoms with Gasteiger partial charge in [-0.15, -0.1) is 0 Å². The van der Waals surface area contributed by atoms with Crippen LogP contribution in [0, 0.1) is 13.8 Å². The molecule has 1 aliphatic heterocycles. The molecule has 0 saturated carbocycles. The number of aromatic nitrogens is 1. The fourth-order valence-corrected chi connectivity index (χ4v) is 5.87. The van der Waals surface area contributed by atoms with Crippen molar-refractivity contribution in [2.24, 2.45) is 0 Å². The minimum absolute atomic E-state index is 0.138. The number of hydrogen-bond acceptors (Lipinski definition) is 2. The number of fused-ring (bicyclic) bond motifs is 1. The van der Waals surface area contributed by atoms with Crippen molar-refractivity contribution < 1.29 is 5.11 Å². The first-order valence-corrected chi connectivity index (χ1v) is 12.2. The average molecular weight is 439 g/mol. The normalized spacial score (nSPS) is 15.4. The summed E-state index contributed by atoms with van der Waals surface area (Å²) in [6.45, 7) is 8.45. The number of rotatable bonds is 6. The van der Waals surface area contributed by atoms with Crippen molar-refractivity contribution in [1.82, 2.24) is 9.47 Å². The Hall–Kier alpha value is -2.88. The van der Waals surface area contributed by atoms with Crippen LogP contribution in [0.3, 0.4) is 0 Å². The van der Waals surface area contributed by atoms with Gasteiger partial charge in [0.2, 0.25) is 0 Å². The highest BCUT2D eigenvalue weighted by atomic mass is 16.3. The van der Waals surface area contributed by atoms with Gasteiger partial charge in [-0.2, -0.15) is 0 Å². The Balaban J connectivity index is 1.46. The minimum Gasteiger partial charge on any atom is -0.395 e. The second kappa shape index (κ2) is 9.54. The molecule has 1 aromatic heterocycles. The third-order valence-electron chi connectivity index (χ3n) is 7.37. The highest BCUT2D eigenvalue weighted by Gasteiger charge is 2.25. The molecule has 3 heteroatoms. The number of para-hydroxylation sites is 1. The van der Waals surface area contributed by atoms with Crippen molar-refractivity contribution in [3.8, 4) is 11.3 Å². The van der Waals surface area contributed by atoms with Gasteiger partial charge in [0.05, 0.1) is 12.3 Å². The van der Waals surface area contributed by atoms with Gasteiger partial charge in [-0.25, -0.2) is 0 Å². The van der Waals surface area contributed by atoms with Crippen molar-refractivity contribution in [2.45, 2.75) is 45.7 Å². The molecule has 0 amide bonds. The lowest BCUT2D eigenvalue weighted by Crippen LogP contribution is -2.33. The SMILES string of the molecule is Cc1cccc(C)c1C1CCN(Cc2c(-c3ccccc3)n(CCO)c3ccccc23)CC1. The van der Waals surface area contributed by atoms with E-state index in [0.717, 1.165) is 19.6 Å². The number of aliphatic hydroxyl groups excluding tert-OH is 1. The minimum atomic E-state index is 0.138. The lowest BCUT2D eigenvalue weighted by atomic mass is 9.84. The van der Waals surface area contributed by atoms with E-state index < -0.39 is 0 Å². The van der Waals surface area contributed by atoms with E-state index in [9.17, 15) is 5.11 Å². The van der Waals surface area contributed by atoms with E-state index in [1.807, 2.05) is 0 Å². The lowest BCUT2D eigenvalue weighted by molar-refractivity contribution is 0.205. The van der Waals surface area contributed by atoms with Gasteiger partial charge in [-0.3, -0.25) is 4.90 Å². The molecule has 0 unspecified atom stereocenters. The van der Waals surface area contributed by atoms with Crippen molar-refractivity contribution in [3.63, 3.8) is 0 Å². The van der Waals surface area contributed by atoms with Gasteiger partial charge in [0.1, 0.15) is 0 Å². The Labute approximate surface area is 197 Å². The number of aliphatic hydroxyl groups is 1. The number of nitrogens with zero attached hydrogens (tertiary/aromatic N) is 2. The summed E-state index contributed by atoms with van der Waals surface area (Å²) in [6, 6.07) is 26.0. The molecule has 0 bridgehead atoms. The second-order valence-electron chi connectivity index (χ2n) is 9.44. The summed E-state index contributed by atoms with van der Waals surface area (Å²) in [5.41, 5.74) is 9.52. The molecule has 0 atom stereocenters. The smallest absolute Gasteiger partial charge is 0.0610 e. The first-order valence-electron chi connectivity index (χ1n) is 12.2. The summed E-state index contributed by atoms with van der Waals surface area (Å²) in [4.78, 5) is 2.63. The van der Waals surface area contributed by atoms with E-state index in [1.165, 1.54) is 51.7 Å². The monoisotopic (exact) mass is 438 g/mol. The van der Waals surface area contributed by atoms with E-state index in [4.69, 9.17) is 0 Å². The van der Waals surface area contributed by atoms with E-state index >= 15 is 0 Å². The molecule has 1 aliphatic rings. The van der Waals surface area contributed by atoms with Crippen LogP contribution >= 0.6 is 0 Å². The summed E-state index contributed by atoms with van der Waals surface area (Å²) in [5.74, 6) is 0.659. The average Bonchev–Trinajstić information content (AvgIpc) is 3.14. The molecule has 2 heterocycles. The zero-order valence-corrected chi connectivity index (χ0v) is 19.8. The van der Waals surface area contributed by atoms with Crippen LogP contribution in [-0.2, 0) is 13.1 Å². The first-order chi connectivity index (χ1) is 16.2. The van der Waals surface area contributed by atoms with Crippen molar-refractivity contribution in [3.05, 3.63) is 95.1 Å². The van der Waals surface area contributed by atoms with Gasteiger partial charge in [0.15, 0.2) is 0 Å². The van der Waals surface area contributed by atoms with Gasteiger partial charge in [-0.1, -0.05) is 66.7 Å². The molecule has 0 aliphatic carbocycles. The van der Waals surface area contributed by atoms with Gasteiger partial charge >= 0.3 is 0 Å². The third-order valence-corrected chi connectivity index (χ3v) is 7.37. The van der Waals surface area contributed by atoms with Crippen LogP contribution in [0.5, 0.6) is 0 Å². The molecule has 3 aromatic carbocycles. The Morgan fingerprint density at radius 1 is 0.818 bits per heavy atom. The topological polar surface area (TPSA) is 28.4 Å². The summed E-state index contributed by atoms with van der Waals surface area (Å²) in [6.07, 6.45) is 2.42. The van der Waals surface area contributed by atoms with Gasteiger partial charge in [-0.05, 0) is 79.6 Å². The quantitative estimate of drug-likeness (QED) is 0.383. The van der Waals surface area contributed by atoms with Crippen LogP contribution in [0.25, 0.3) is 22.2 Å². The van der Waals surface area contributed by atoms with Crippen LogP contribution in [0.15, 0.2) is 72.8 Å². The molecule has 33 heavy (non-hydrogen) atoms. The van der Waals surface area contributed by atoms with Crippen molar-refractivity contribution >= 4 is 10.9 Å². The molecule has 1 saturated heterocycles. The van der Waals surface area contributed by atoms with E-state index in [2.05, 4.69) is 96.1 Å². The summed E-state index contributed by atoms with van der Waals surface area (Å²) >= 11 is 0. The number of benzene rings is 3. The number of aryl methyl sites for hydroxylation is 2. The summed E-state index contributed by atoms with van der Waals surface area (Å²) < 4.78 is 2.31. The van der Waals surface area contributed by atoms with Crippen LogP contribution in [0.1, 0.15) is 41.0 Å². The molecule has 4 aromatic rings. The standard InChI is InChI=1S/C30H34N2O/c1-22-9-8-10-23(2)29(22)24-15-17-31(18-16-24)21-27-26-13-6-7-14-28(26)32(19-20-33)30(27)25-11-4-3-5-12-25/h3-14,24,33H,15-21H2,1-2H3. The maximum Gasteiger partial charge on any atom is 0.0610 e. The van der Waals surface area contributed by atoms with Crippen molar-refractivity contribution in [1.29, 1.82) is 0 Å². The Kier molecular flexibility index (Phi) is 6.34. The van der Waals surface area contributed by atoms with Crippen LogP contribution in [0.4, 0.5) is 0 Å². The largest absolute Gasteiger partial charge is 0.395 e. The zero-order chi connectivity index (χ0) is 22.8. The Morgan fingerprint density at radius 3 is 2.18 bits per heavy atom. The molecular formula is C30H34N2O.